The normalized spacial score (nSPS) is 12.1. The van der Waals surface area contributed by atoms with Crippen molar-refractivity contribution in [2.45, 2.75) is 19.4 Å². The van der Waals surface area contributed by atoms with E-state index in [9.17, 15) is 9.90 Å². The van der Waals surface area contributed by atoms with Gasteiger partial charge >= 0.3 is 0 Å². The zero-order chi connectivity index (χ0) is 17.1. The molecule has 4 nitrogen and oxygen atoms in total. The van der Waals surface area contributed by atoms with Crippen LogP contribution in [0.4, 0.5) is 0 Å². The van der Waals surface area contributed by atoms with Gasteiger partial charge in [-0.3, -0.25) is 4.79 Å². The van der Waals surface area contributed by atoms with Gasteiger partial charge in [0.15, 0.2) is 5.78 Å². The number of aromatic nitrogens is 1. The molecule has 0 aliphatic carbocycles. The van der Waals surface area contributed by atoms with E-state index in [-0.39, 0.29) is 12.2 Å². The molecular weight excluding hydrogens is 326 g/mol. The molecular formula is C19H16ClNO3. The minimum atomic E-state index is -1.01. The smallest absolute Gasteiger partial charge is 0.226 e. The van der Waals surface area contributed by atoms with Gasteiger partial charge < -0.3 is 9.52 Å². The van der Waals surface area contributed by atoms with E-state index < -0.39 is 6.10 Å². The Balaban J connectivity index is 1.71. The fourth-order valence-electron chi connectivity index (χ4n) is 2.30. The molecule has 5 heteroatoms. The number of oxazole rings is 1. The van der Waals surface area contributed by atoms with E-state index in [1.807, 2.05) is 19.1 Å². The summed E-state index contributed by atoms with van der Waals surface area (Å²) in [6, 6.07) is 14.3. The number of rotatable bonds is 5. The lowest BCUT2D eigenvalue weighted by Crippen LogP contribution is -2.07. The van der Waals surface area contributed by atoms with Crippen molar-refractivity contribution in [1.29, 1.82) is 0 Å². The van der Waals surface area contributed by atoms with Crippen molar-refractivity contribution in [3.8, 4) is 11.5 Å². The average molecular weight is 342 g/mol. The zero-order valence-corrected chi connectivity index (χ0v) is 13.8. The number of hydrogen-bond acceptors (Lipinski definition) is 4. The second-order valence-electron chi connectivity index (χ2n) is 5.59. The molecule has 1 heterocycles. The molecule has 0 bridgehead atoms. The van der Waals surface area contributed by atoms with Crippen LogP contribution in [-0.2, 0) is 0 Å². The van der Waals surface area contributed by atoms with Crippen molar-refractivity contribution in [1.82, 2.24) is 4.98 Å². The van der Waals surface area contributed by atoms with Crippen molar-refractivity contribution in [2.75, 3.05) is 0 Å². The van der Waals surface area contributed by atoms with Crippen molar-refractivity contribution >= 4 is 17.4 Å². The number of benzene rings is 2. The van der Waals surface area contributed by atoms with Gasteiger partial charge in [0, 0.05) is 22.6 Å². The summed E-state index contributed by atoms with van der Waals surface area (Å²) in [5.41, 5.74) is 2.74. The molecule has 1 aromatic heterocycles. The largest absolute Gasteiger partial charge is 0.444 e. The van der Waals surface area contributed by atoms with Crippen LogP contribution in [0.5, 0.6) is 0 Å². The van der Waals surface area contributed by atoms with Crippen LogP contribution >= 0.6 is 11.6 Å². The molecule has 0 saturated heterocycles. The zero-order valence-electron chi connectivity index (χ0n) is 13.1. The van der Waals surface area contributed by atoms with Gasteiger partial charge in [0.25, 0.3) is 0 Å². The molecule has 1 unspecified atom stereocenters. The van der Waals surface area contributed by atoms with Crippen LogP contribution in [-0.4, -0.2) is 15.9 Å². The summed E-state index contributed by atoms with van der Waals surface area (Å²) in [6.45, 7) is 1.96. The highest BCUT2D eigenvalue weighted by Gasteiger charge is 2.18. The Kier molecular flexibility index (Phi) is 4.79. The summed E-state index contributed by atoms with van der Waals surface area (Å²) < 4.78 is 5.39. The lowest BCUT2D eigenvalue weighted by atomic mass is 10.0. The Hall–Kier alpha value is -2.43. The molecule has 0 amide bonds. The van der Waals surface area contributed by atoms with Gasteiger partial charge in [-0.05, 0) is 31.2 Å². The van der Waals surface area contributed by atoms with Crippen molar-refractivity contribution < 1.29 is 14.3 Å². The number of Topliss-reactive ketones (excluding diaryl/α,β-unsaturated/α-hetero) is 1. The Bertz CT molecular complexity index is 838. The molecule has 2 aromatic carbocycles. The molecule has 3 rings (SSSR count). The van der Waals surface area contributed by atoms with Gasteiger partial charge in [0.05, 0.1) is 0 Å². The first-order chi connectivity index (χ1) is 11.5. The topological polar surface area (TPSA) is 63.3 Å². The molecule has 1 N–H and O–H groups in total. The van der Waals surface area contributed by atoms with E-state index in [0.717, 1.165) is 11.1 Å². The molecule has 0 aliphatic rings. The second-order valence-corrected chi connectivity index (χ2v) is 6.03. The monoisotopic (exact) mass is 341 g/mol. The molecule has 3 aromatic rings. The Morgan fingerprint density at radius 2 is 1.83 bits per heavy atom. The number of ketones is 1. The van der Waals surface area contributed by atoms with Crippen LogP contribution < -0.4 is 0 Å². The van der Waals surface area contributed by atoms with Crippen LogP contribution in [0.2, 0.25) is 5.02 Å². The Labute approximate surface area is 144 Å². The number of carbonyl (C=O) groups is 1. The fourth-order valence-corrected chi connectivity index (χ4v) is 2.43. The van der Waals surface area contributed by atoms with E-state index in [1.165, 1.54) is 6.26 Å². The summed E-state index contributed by atoms with van der Waals surface area (Å²) in [6.07, 6.45) is 0.316. The van der Waals surface area contributed by atoms with Crippen LogP contribution in [0.1, 0.15) is 34.1 Å². The summed E-state index contributed by atoms with van der Waals surface area (Å²) in [7, 11) is 0. The maximum Gasteiger partial charge on any atom is 0.226 e. The number of hydrogen-bond donors (Lipinski definition) is 1. The number of aliphatic hydroxyl groups is 1. The maximum absolute atomic E-state index is 12.2. The van der Waals surface area contributed by atoms with Gasteiger partial charge in [0.2, 0.25) is 5.89 Å². The first-order valence-corrected chi connectivity index (χ1v) is 7.90. The lowest BCUT2D eigenvalue weighted by Gasteiger charge is -2.06. The number of aliphatic hydroxyl groups excluding tert-OH is 1. The fraction of sp³-hybridized carbons (Fsp3) is 0.158. The molecule has 0 aliphatic heterocycles. The van der Waals surface area contributed by atoms with Gasteiger partial charge in [-0.25, -0.2) is 4.98 Å². The number of carbonyl (C=O) groups excluding carboxylic acids is 1. The van der Waals surface area contributed by atoms with E-state index in [2.05, 4.69) is 4.98 Å². The molecule has 122 valence electrons. The second kappa shape index (κ2) is 6.99. The van der Waals surface area contributed by atoms with Gasteiger partial charge in [0.1, 0.15) is 18.1 Å². The quantitative estimate of drug-likeness (QED) is 0.688. The standard InChI is InChI=1S/C19H16ClNO3/c1-12-2-4-13(5-3-12)17(22)10-18(23)16-11-24-19(21-16)14-6-8-15(20)9-7-14/h2-9,11,18,23H,10H2,1H3. The number of aryl methyl sites for hydroxylation is 1. The van der Waals surface area contributed by atoms with E-state index in [4.69, 9.17) is 16.0 Å². The van der Waals surface area contributed by atoms with E-state index in [0.29, 0.717) is 22.2 Å². The predicted octanol–water partition coefficient (Wildman–Crippen LogP) is 4.61. The summed E-state index contributed by atoms with van der Waals surface area (Å²) >= 11 is 5.85. The van der Waals surface area contributed by atoms with Crippen molar-refractivity contribution in [3.05, 3.63) is 76.6 Å². The lowest BCUT2D eigenvalue weighted by molar-refractivity contribution is 0.0874. The molecule has 24 heavy (non-hydrogen) atoms. The van der Waals surface area contributed by atoms with E-state index >= 15 is 0 Å². The summed E-state index contributed by atoms with van der Waals surface area (Å²) in [5.74, 6) is 0.238. The Morgan fingerprint density at radius 1 is 1.17 bits per heavy atom. The third-order valence-corrected chi connectivity index (χ3v) is 3.96. The maximum atomic E-state index is 12.2. The highest BCUT2D eigenvalue weighted by atomic mass is 35.5. The third kappa shape index (κ3) is 3.72. The Morgan fingerprint density at radius 3 is 2.50 bits per heavy atom. The van der Waals surface area contributed by atoms with Crippen LogP contribution in [0.15, 0.2) is 59.2 Å². The van der Waals surface area contributed by atoms with Crippen molar-refractivity contribution in [3.63, 3.8) is 0 Å². The minimum absolute atomic E-state index is 0.0460. The summed E-state index contributed by atoms with van der Waals surface area (Å²) in [4.78, 5) is 16.5. The van der Waals surface area contributed by atoms with Gasteiger partial charge in [-0.1, -0.05) is 41.4 Å². The van der Waals surface area contributed by atoms with Crippen LogP contribution in [0.3, 0.4) is 0 Å². The number of halogens is 1. The average Bonchev–Trinajstić information content (AvgIpc) is 3.06. The van der Waals surface area contributed by atoms with E-state index in [1.54, 1.807) is 36.4 Å². The third-order valence-electron chi connectivity index (χ3n) is 3.71. The first-order valence-electron chi connectivity index (χ1n) is 7.52. The summed E-state index contributed by atoms with van der Waals surface area (Å²) in [5, 5.41) is 10.9. The highest BCUT2D eigenvalue weighted by Crippen LogP contribution is 2.25. The first kappa shape index (κ1) is 16.4. The predicted molar refractivity (Wildman–Crippen MR) is 92.0 cm³/mol. The molecule has 0 fully saturated rings. The van der Waals surface area contributed by atoms with Crippen LogP contribution in [0, 0.1) is 6.92 Å². The van der Waals surface area contributed by atoms with Crippen molar-refractivity contribution in [2.24, 2.45) is 0 Å². The molecule has 0 spiro atoms. The van der Waals surface area contributed by atoms with Crippen LogP contribution in [0.25, 0.3) is 11.5 Å². The SMILES string of the molecule is Cc1ccc(C(=O)CC(O)c2coc(-c3ccc(Cl)cc3)n2)cc1. The van der Waals surface area contributed by atoms with Gasteiger partial charge in [-0.15, -0.1) is 0 Å². The minimum Gasteiger partial charge on any atom is -0.444 e. The molecule has 0 radical (unpaired) electrons. The van der Waals surface area contributed by atoms with Gasteiger partial charge in [-0.2, -0.15) is 0 Å². The number of nitrogens with zero attached hydrogens (tertiary/aromatic N) is 1. The molecule has 1 atom stereocenters. The molecule has 0 saturated carbocycles. The highest BCUT2D eigenvalue weighted by molar-refractivity contribution is 6.30.